The van der Waals surface area contributed by atoms with Crippen molar-refractivity contribution in [3.05, 3.63) is 64.6 Å². The van der Waals surface area contributed by atoms with Crippen molar-refractivity contribution in [3.63, 3.8) is 0 Å². The van der Waals surface area contributed by atoms with Gasteiger partial charge in [0.1, 0.15) is 0 Å². The second-order valence-corrected chi connectivity index (χ2v) is 6.04. The SMILES string of the molecule is O=c1[nH]c2ccc(C3=NN=C(Nc4ccccc4)SC3)cc2[nH]1. The molecule has 3 aromatic rings. The Bertz CT molecular complexity index is 971. The fourth-order valence-electron chi connectivity index (χ4n) is 2.36. The zero-order chi connectivity index (χ0) is 15.6. The Labute approximate surface area is 135 Å². The summed E-state index contributed by atoms with van der Waals surface area (Å²) in [6, 6.07) is 15.6. The predicted octanol–water partition coefficient (Wildman–Crippen LogP) is 2.78. The summed E-state index contributed by atoms with van der Waals surface area (Å²) < 4.78 is 0. The molecule has 23 heavy (non-hydrogen) atoms. The number of fused-ring (bicyclic) bond motifs is 1. The third kappa shape index (κ3) is 2.91. The first kappa shape index (κ1) is 13.8. The molecule has 1 aromatic heterocycles. The number of para-hydroxylation sites is 1. The summed E-state index contributed by atoms with van der Waals surface area (Å²) in [6.07, 6.45) is 0. The predicted molar refractivity (Wildman–Crippen MR) is 95.4 cm³/mol. The lowest BCUT2D eigenvalue weighted by Crippen LogP contribution is -2.16. The van der Waals surface area contributed by atoms with Gasteiger partial charge < -0.3 is 15.3 Å². The number of thioether (sulfide) groups is 1. The largest absolute Gasteiger partial charge is 0.333 e. The molecule has 1 aliphatic heterocycles. The molecule has 4 rings (SSSR count). The molecular weight excluding hydrogens is 310 g/mol. The Kier molecular flexibility index (Phi) is 3.47. The van der Waals surface area contributed by atoms with E-state index in [1.807, 2.05) is 48.5 Å². The van der Waals surface area contributed by atoms with Crippen LogP contribution in [0.2, 0.25) is 0 Å². The highest BCUT2D eigenvalue weighted by molar-refractivity contribution is 8.14. The van der Waals surface area contributed by atoms with E-state index in [0.717, 1.165) is 38.9 Å². The van der Waals surface area contributed by atoms with Crippen LogP contribution >= 0.6 is 11.8 Å². The molecule has 114 valence electrons. The Morgan fingerprint density at radius 3 is 2.61 bits per heavy atom. The van der Waals surface area contributed by atoms with Crippen molar-refractivity contribution >= 4 is 39.4 Å². The molecule has 0 bridgehead atoms. The van der Waals surface area contributed by atoms with Crippen molar-refractivity contribution in [1.29, 1.82) is 0 Å². The molecule has 0 saturated carbocycles. The van der Waals surface area contributed by atoms with Crippen LogP contribution in [0.25, 0.3) is 11.0 Å². The minimum atomic E-state index is -0.204. The van der Waals surface area contributed by atoms with Gasteiger partial charge in [-0.05, 0) is 24.3 Å². The molecule has 0 saturated heterocycles. The van der Waals surface area contributed by atoms with Crippen molar-refractivity contribution in [2.24, 2.45) is 10.2 Å². The van der Waals surface area contributed by atoms with Crippen LogP contribution in [0.1, 0.15) is 5.56 Å². The average molecular weight is 323 g/mol. The standard InChI is InChI=1S/C16H13N5OS/c22-15-18-12-7-6-10(8-13(12)19-15)14-9-23-16(21-20-14)17-11-4-2-1-3-5-11/h1-8H,9H2,(H,17,21)(H2,18,19,22). The number of rotatable bonds is 2. The van der Waals surface area contributed by atoms with Gasteiger partial charge in [-0.3, -0.25) is 0 Å². The highest BCUT2D eigenvalue weighted by atomic mass is 32.2. The van der Waals surface area contributed by atoms with E-state index >= 15 is 0 Å². The smallest absolute Gasteiger partial charge is 0.323 e. The molecule has 3 N–H and O–H groups in total. The van der Waals surface area contributed by atoms with Crippen LogP contribution in [-0.2, 0) is 0 Å². The molecule has 0 atom stereocenters. The van der Waals surface area contributed by atoms with E-state index in [-0.39, 0.29) is 5.69 Å². The third-order valence-corrected chi connectivity index (χ3v) is 4.36. The third-order valence-electron chi connectivity index (χ3n) is 3.48. The first-order valence-electron chi connectivity index (χ1n) is 7.10. The van der Waals surface area contributed by atoms with Crippen LogP contribution < -0.4 is 11.0 Å². The van der Waals surface area contributed by atoms with Crippen LogP contribution in [-0.4, -0.2) is 26.6 Å². The summed E-state index contributed by atoms with van der Waals surface area (Å²) in [6.45, 7) is 0. The molecule has 0 spiro atoms. The minimum absolute atomic E-state index is 0.204. The fraction of sp³-hybridized carbons (Fsp3) is 0.0625. The van der Waals surface area contributed by atoms with Gasteiger partial charge in [-0.25, -0.2) is 4.79 Å². The van der Waals surface area contributed by atoms with Gasteiger partial charge in [0, 0.05) is 17.0 Å². The Balaban J connectivity index is 1.58. The Hall–Kier alpha value is -2.80. The van der Waals surface area contributed by atoms with E-state index in [1.165, 1.54) is 0 Å². The lowest BCUT2D eigenvalue weighted by atomic mass is 10.1. The van der Waals surface area contributed by atoms with Crippen LogP contribution in [0.4, 0.5) is 5.69 Å². The zero-order valence-corrected chi connectivity index (χ0v) is 12.9. The van der Waals surface area contributed by atoms with Gasteiger partial charge in [0.05, 0.1) is 16.7 Å². The van der Waals surface area contributed by atoms with Crippen LogP contribution in [0.15, 0.2) is 63.5 Å². The molecule has 2 aromatic carbocycles. The highest BCUT2D eigenvalue weighted by Gasteiger charge is 2.13. The summed E-state index contributed by atoms with van der Waals surface area (Å²) in [5.41, 5.74) is 4.20. The maximum absolute atomic E-state index is 11.3. The van der Waals surface area contributed by atoms with Crippen molar-refractivity contribution in [2.45, 2.75) is 0 Å². The normalized spacial score (nSPS) is 14.4. The van der Waals surface area contributed by atoms with Gasteiger partial charge in [-0.15, -0.1) is 5.10 Å². The second-order valence-electron chi connectivity index (χ2n) is 5.07. The molecule has 7 heteroatoms. The lowest BCUT2D eigenvalue weighted by molar-refractivity contribution is 1.21. The van der Waals surface area contributed by atoms with E-state index in [2.05, 4.69) is 25.5 Å². The van der Waals surface area contributed by atoms with E-state index in [9.17, 15) is 4.79 Å². The summed E-state index contributed by atoms with van der Waals surface area (Å²) in [5, 5.41) is 12.6. The number of anilines is 1. The van der Waals surface area contributed by atoms with Crippen LogP contribution in [0.5, 0.6) is 0 Å². The number of imidazole rings is 1. The summed E-state index contributed by atoms with van der Waals surface area (Å²) in [5.74, 6) is 0.721. The van der Waals surface area contributed by atoms with Gasteiger partial charge in [0.25, 0.3) is 0 Å². The zero-order valence-electron chi connectivity index (χ0n) is 12.0. The van der Waals surface area contributed by atoms with E-state index in [1.54, 1.807) is 11.8 Å². The van der Waals surface area contributed by atoms with Gasteiger partial charge in [0.15, 0.2) is 5.17 Å². The second kappa shape index (κ2) is 5.77. The van der Waals surface area contributed by atoms with E-state index in [0.29, 0.717) is 0 Å². The Morgan fingerprint density at radius 2 is 1.83 bits per heavy atom. The van der Waals surface area contributed by atoms with Crippen molar-refractivity contribution in [2.75, 3.05) is 11.1 Å². The quantitative estimate of drug-likeness (QED) is 0.678. The molecule has 0 amide bonds. The maximum atomic E-state index is 11.3. The number of nitrogens with zero attached hydrogens (tertiary/aromatic N) is 2. The fourth-order valence-corrected chi connectivity index (χ4v) is 3.15. The van der Waals surface area contributed by atoms with E-state index < -0.39 is 0 Å². The molecule has 0 unspecified atom stereocenters. The number of nitrogens with one attached hydrogen (secondary N) is 3. The molecule has 0 fully saturated rings. The topological polar surface area (TPSA) is 85.4 Å². The van der Waals surface area contributed by atoms with Crippen molar-refractivity contribution in [3.8, 4) is 0 Å². The number of amidine groups is 1. The van der Waals surface area contributed by atoms with Gasteiger partial charge in [-0.1, -0.05) is 36.0 Å². The van der Waals surface area contributed by atoms with Crippen molar-refractivity contribution < 1.29 is 0 Å². The van der Waals surface area contributed by atoms with E-state index in [4.69, 9.17) is 0 Å². The molecule has 2 heterocycles. The number of aromatic amines is 2. The van der Waals surface area contributed by atoms with Gasteiger partial charge in [0.2, 0.25) is 0 Å². The van der Waals surface area contributed by atoms with Crippen molar-refractivity contribution in [1.82, 2.24) is 9.97 Å². The lowest BCUT2D eigenvalue weighted by Gasteiger charge is -2.13. The molecule has 1 aliphatic rings. The van der Waals surface area contributed by atoms with Gasteiger partial charge >= 0.3 is 5.69 Å². The summed E-state index contributed by atoms with van der Waals surface area (Å²) in [7, 11) is 0. The molecule has 0 aliphatic carbocycles. The molecular formula is C16H13N5OS. The maximum Gasteiger partial charge on any atom is 0.323 e. The highest BCUT2D eigenvalue weighted by Crippen LogP contribution is 2.19. The van der Waals surface area contributed by atoms with Gasteiger partial charge in [-0.2, -0.15) is 5.10 Å². The monoisotopic (exact) mass is 323 g/mol. The number of hydrogen-bond donors (Lipinski definition) is 3. The minimum Gasteiger partial charge on any atom is -0.333 e. The van der Waals surface area contributed by atoms with Crippen LogP contribution in [0, 0.1) is 0 Å². The number of benzene rings is 2. The number of aromatic nitrogens is 2. The first-order chi connectivity index (χ1) is 11.3. The summed E-state index contributed by atoms with van der Waals surface area (Å²) >= 11 is 1.60. The molecule has 6 nitrogen and oxygen atoms in total. The molecule has 0 radical (unpaired) electrons. The number of hydrogen-bond acceptors (Lipinski definition) is 5. The average Bonchev–Trinajstić information content (AvgIpc) is 2.95. The van der Waals surface area contributed by atoms with Crippen LogP contribution in [0.3, 0.4) is 0 Å². The first-order valence-corrected chi connectivity index (χ1v) is 8.08. The number of H-pyrrole nitrogens is 2. The Morgan fingerprint density at radius 1 is 1.00 bits per heavy atom. The summed E-state index contributed by atoms with van der Waals surface area (Å²) in [4.78, 5) is 16.8.